The highest BCUT2D eigenvalue weighted by Crippen LogP contribution is 2.30. The van der Waals surface area contributed by atoms with E-state index in [-0.39, 0.29) is 17.7 Å². The summed E-state index contributed by atoms with van der Waals surface area (Å²) in [5.74, 6) is 0.656. The number of likely N-dealkylation sites (tertiary alicyclic amines) is 1. The molecule has 1 aromatic carbocycles. The molecule has 2 aliphatic heterocycles. The van der Waals surface area contributed by atoms with E-state index in [1.165, 1.54) is 0 Å². The molecule has 0 spiro atoms. The second-order valence-corrected chi connectivity index (χ2v) is 8.72. The van der Waals surface area contributed by atoms with Crippen LogP contribution in [0, 0.1) is 18.8 Å². The molecule has 2 aliphatic rings. The quantitative estimate of drug-likeness (QED) is 0.750. The van der Waals surface area contributed by atoms with Gasteiger partial charge in [0.25, 0.3) is 0 Å². The molecule has 1 atom stereocenters. The zero-order valence-corrected chi connectivity index (χ0v) is 17.5. The van der Waals surface area contributed by atoms with Crippen LogP contribution in [-0.4, -0.2) is 61.9 Å². The van der Waals surface area contributed by atoms with Gasteiger partial charge in [-0.15, -0.1) is 0 Å². The van der Waals surface area contributed by atoms with Crippen LogP contribution in [0.4, 0.5) is 5.69 Å². The molecule has 2 fully saturated rings. The molecule has 2 heterocycles. The van der Waals surface area contributed by atoms with Gasteiger partial charge in [0.05, 0.1) is 5.92 Å². The van der Waals surface area contributed by atoms with E-state index in [2.05, 4.69) is 34.9 Å². The summed E-state index contributed by atoms with van der Waals surface area (Å²) in [5, 5.41) is 0. The number of hydrogen-bond acceptors (Lipinski definition) is 3. The van der Waals surface area contributed by atoms with Crippen LogP contribution in [0.5, 0.6) is 0 Å². The van der Waals surface area contributed by atoms with E-state index in [1.807, 2.05) is 30.0 Å². The van der Waals surface area contributed by atoms with E-state index < -0.39 is 0 Å². The molecule has 6 heteroatoms. The van der Waals surface area contributed by atoms with Crippen LogP contribution in [0.3, 0.4) is 0 Å². The first-order valence-electron chi connectivity index (χ1n) is 9.35. The monoisotopic (exact) mass is 421 g/mol. The average molecular weight is 422 g/mol. The van der Waals surface area contributed by atoms with Crippen molar-refractivity contribution in [2.24, 2.45) is 11.8 Å². The Kier molecular flexibility index (Phi) is 6.03. The van der Waals surface area contributed by atoms with Crippen LogP contribution in [0.1, 0.15) is 24.8 Å². The second kappa shape index (κ2) is 8.09. The zero-order chi connectivity index (χ0) is 18.8. The standard InChI is InChI=1S/C20H28BrN3O2/c1-14-10-17(4-5-18(14)21)24-13-16(11-19(24)25)20(26)23-8-6-15(7-9-23)12-22(2)3/h4-5,10,15-16H,6-9,11-13H2,1-3H3. The van der Waals surface area contributed by atoms with Crippen molar-refractivity contribution in [3.05, 3.63) is 28.2 Å². The molecular formula is C20H28BrN3O2. The summed E-state index contributed by atoms with van der Waals surface area (Å²) >= 11 is 3.49. The van der Waals surface area contributed by atoms with Crippen LogP contribution in [0.25, 0.3) is 0 Å². The minimum absolute atomic E-state index is 0.0487. The Bertz CT molecular complexity index is 684. The number of rotatable bonds is 4. The van der Waals surface area contributed by atoms with Crippen molar-refractivity contribution in [2.75, 3.05) is 45.2 Å². The molecule has 5 nitrogen and oxygen atoms in total. The molecule has 142 valence electrons. The van der Waals surface area contributed by atoms with Gasteiger partial charge in [-0.25, -0.2) is 0 Å². The van der Waals surface area contributed by atoms with E-state index in [9.17, 15) is 9.59 Å². The molecule has 3 rings (SSSR count). The first kappa shape index (κ1) is 19.4. The maximum absolute atomic E-state index is 12.9. The first-order chi connectivity index (χ1) is 12.3. The molecule has 1 aromatic rings. The van der Waals surface area contributed by atoms with Crippen molar-refractivity contribution in [1.29, 1.82) is 0 Å². The smallest absolute Gasteiger partial charge is 0.228 e. The SMILES string of the molecule is Cc1cc(N2CC(C(=O)N3CCC(CN(C)C)CC3)CC2=O)ccc1Br. The first-order valence-corrected chi connectivity index (χ1v) is 10.1. The van der Waals surface area contributed by atoms with Crippen molar-refractivity contribution in [1.82, 2.24) is 9.80 Å². The van der Waals surface area contributed by atoms with Gasteiger partial charge in [0.1, 0.15) is 0 Å². The maximum atomic E-state index is 12.9. The molecule has 26 heavy (non-hydrogen) atoms. The Morgan fingerprint density at radius 1 is 1.27 bits per heavy atom. The largest absolute Gasteiger partial charge is 0.342 e. The number of carbonyl (C=O) groups excluding carboxylic acids is 2. The van der Waals surface area contributed by atoms with Gasteiger partial charge in [0.15, 0.2) is 0 Å². The fourth-order valence-corrected chi connectivity index (χ4v) is 4.28. The lowest BCUT2D eigenvalue weighted by Gasteiger charge is -2.34. The Labute approximate surface area is 164 Å². The van der Waals surface area contributed by atoms with E-state index in [0.717, 1.165) is 48.2 Å². The highest BCUT2D eigenvalue weighted by Gasteiger charge is 2.38. The lowest BCUT2D eigenvalue weighted by atomic mass is 9.95. The maximum Gasteiger partial charge on any atom is 0.228 e. The number of carbonyl (C=O) groups is 2. The van der Waals surface area contributed by atoms with E-state index in [1.54, 1.807) is 4.90 Å². The summed E-state index contributed by atoms with van der Waals surface area (Å²) in [4.78, 5) is 31.3. The van der Waals surface area contributed by atoms with Gasteiger partial charge in [-0.2, -0.15) is 0 Å². The lowest BCUT2D eigenvalue weighted by molar-refractivity contribution is -0.137. The number of nitrogens with zero attached hydrogens (tertiary/aromatic N) is 3. The fraction of sp³-hybridized carbons (Fsp3) is 0.600. The second-order valence-electron chi connectivity index (χ2n) is 7.87. The summed E-state index contributed by atoms with van der Waals surface area (Å²) in [6.07, 6.45) is 2.44. The minimum Gasteiger partial charge on any atom is -0.342 e. The van der Waals surface area contributed by atoms with Crippen LogP contribution in [0.15, 0.2) is 22.7 Å². The molecule has 0 saturated carbocycles. The van der Waals surface area contributed by atoms with Crippen LogP contribution < -0.4 is 4.90 Å². The predicted octanol–water partition coefficient (Wildman–Crippen LogP) is 2.91. The van der Waals surface area contributed by atoms with Crippen molar-refractivity contribution in [2.45, 2.75) is 26.2 Å². The summed E-state index contributed by atoms with van der Waals surface area (Å²) in [5.41, 5.74) is 1.98. The van der Waals surface area contributed by atoms with E-state index in [4.69, 9.17) is 0 Å². The normalized spacial score (nSPS) is 21.7. The molecule has 0 aliphatic carbocycles. The molecular weight excluding hydrogens is 394 g/mol. The number of piperidine rings is 1. The number of halogens is 1. The van der Waals surface area contributed by atoms with Crippen LogP contribution >= 0.6 is 15.9 Å². The van der Waals surface area contributed by atoms with E-state index in [0.29, 0.717) is 18.9 Å². The molecule has 0 N–H and O–H groups in total. The van der Waals surface area contributed by atoms with Gasteiger partial charge in [0.2, 0.25) is 11.8 Å². The van der Waals surface area contributed by atoms with Crippen LogP contribution in [-0.2, 0) is 9.59 Å². The fourth-order valence-electron chi connectivity index (χ4n) is 4.03. The van der Waals surface area contributed by atoms with Crippen LogP contribution in [0.2, 0.25) is 0 Å². The topological polar surface area (TPSA) is 43.9 Å². The summed E-state index contributed by atoms with van der Waals surface area (Å²) in [6.45, 7) is 5.23. The van der Waals surface area contributed by atoms with Gasteiger partial charge in [-0.05, 0) is 63.5 Å². The number of anilines is 1. The number of amides is 2. The van der Waals surface area contributed by atoms with Crippen molar-refractivity contribution < 1.29 is 9.59 Å². The van der Waals surface area contributed by atoms with Crippen molar-refractivity contribution in [3.8, 4) is 0 Å². The number of benzene rings is 1. The zero-order valence-electron chi connectivity index (χ0n) is 15.9. The van der Waals surface area contributed by atoms with E-state index >= 15 is 0 Å². The van der Waals surface area contributed by atoms with Gasteiger partial charge in [0, 0.05) is 42.8 Å². The third-order valence-corrected chi connectivity index (χ3v) is 6.37. The number of hydrogen-bond donors (Lipinski definition) is 0. The van der Waals surface area contributed by atoms with Crippen molar-refractivity contribution >= 4 is 33.4 Å². The average Bonchev–Trinajstić information content (AvgIpc) is 2.99. The lowest BCUT2D eigenvalue weighted by Crippen LogP contribution is -2.43. The molecule has 2 saturated heterocycles. The molecule has 0 bridgehead atoms. The van der Waals surface area contributed by atoms with Gasteiger partial charge in [-0.3, -0.25) is 9.59 Å². The molecule has 0 radical (unpaired) electrons. The Hall–Kier alpha value is -1.40. The van der Waals surface area contributed by atoms with Gasteiger partial charge < -0.3 is 14.7 Å². The van der Waals surface area contributed by atoms with Gasteiger partial charge in [-0.1, -0.05) is 15.9 Å². The molecule has 1 unspecified atom stereocenters. The highest BCUT2D eigenvalue weighted by atomic mass is 79.9. The third kappa shape index (κ3) is 4.29. The molecule has 2 amide bonds. The Balaban J connectivity index is 1.60. The Morgan fingerprint density at radius 3 is 2.58 bits per heavy atom. The third-order valence-electron chi connectivity index (χ3n) is 5.48. The van der Waals surface area contributed by atoms with Gasteiger partial charge >= 0.3 is 0 Å². The minimum atomic E-state index is -0.211. The summed E-state index contributed by atoms with van der Waals surface area (Å²) in [7, 11) is 4.19. The number of aryl methyl sites for hydroxylation is 1. The van der Waals surface area contributed by atoms with Crippen molar-refractivity contribution in [3.63, 3.8) is 0 Å². The Morgan fingerprint density at radius 2 is 1.96 bits per heavy atom. The highest BCUT2D eigenvalue weighted by molar-refractivity contribution is 9.10. The molecule has 0 aromatic heterocycles. The predicted molar refractivity (Wildman–Crippen MR) is 107 cm³/mol. The summed E-state index contributed by atoms with van der Waals surface area (Å²) < 4.78 is 1.03. The summed E-state index contributed by atoms with van der Waals surface area (Å²) in [6, 6.07) is 5.90.